The van der Waals surface area contributed by atoms with Gasteiger partial charge < -0.3 is 101 Å². The van der Waals surface area contributed by atoms with Gasteiger partial charge in [-0.1, -0.05) is 62.3 Å². The Hall–Kier alpha value is -10.4. The number of nitriles is 1. The molecule has 0 saturated heterocycles. The molecule has 3 heterocycles. The van der Waals surface area contributed by atoms with Gasteiger partial charge in [-0.2, -0.15) is 5.26 Å². The molecule has 2 aliphatic heterocycles. The highest BCUT2D eigenvalue weighted by Crippen LogP contribution is 2.57. The fourth-order valence-corrected chi connectivity index (χ4v) is 14.6. The summed E-state index contributed by atoms with van der Waals surface area (Å²) in [4.78, 5) is 117. The molecule has 1 aromatic heterocycles. The fourth-order valence-electron chi connectivity index (χ4n) is 11.2. The first-order chi connectivity index (χ1) is 48.8. The van der Waals surface area contributed by atoms with Gasteiger partial charge in [0.2, 0.25) is 41.4 Å². The minimum Gasteiger partial charge on any atom is -0.508 e. The number of benzene rings is 4. The van der Waals surface area contributed by atoms with E-state index in [1.165, 1.54) is 52.8 Å². The Bertz CT molecular complexity index is 4000. The molecule has 0 radical (unpaired) electrons. The van der Waals surface area contributed by atoms with Crippen LogP contribution in [0.1, 0.15) is 131 Å². The second-order valence-electron chi connectivity index (χ2n) is 25.6. The fraction of sp³-hybridized carbons (Fsp3) is 0.433. The first kappa shape index (κ1) is 79.9. The number of hydrogen-bond donors (Lipinski definition) is 20. The van der Waals surface area contributed by atoms with Crippen LogP contribution >= 0.6 is 45.1 Å². The Morgan fingerprint density at radius 3 is 1.63 bits per heavy atom. The number of anilines is 2. The number of rotatable bonds is 35. The molecule has 36 heteroatoms. The lowest BCUT2D eigenvalue weighted by molar-refractivity contribution is -0.135. The highest BCUT2D eigenvalue weighted by atomic mass is 33.1. The summed E-state index contributed by atoms with van der Waals surface area (Å²) >= 11 is 6.82. The number of aromatic hydroxyl groups is 2. The molecule has 5 aromatic rings. The van der Waals surface area contributed by atoms with Crippen LogP contribution in [0.25, 0.3) is 10.2 Å². The number of esters is 1. The number of carbonyl (C=O) groups is 8. The van der Waals surface area contributed by atoms with Crippen LogP contribution in [0.5, 0.6) is 23.0 Å². The SMILES string of the molecule is CC(=O)NC(CCCNC(=N)N)C(=O)NC(C(=O)NC(CCCNC(=N)N)C(=O)NC(CCCNC(=N)N)C(=O)NC(CSSC(C)(C)C)C(=O)NC(CCCCNC(=S)Nc1ccc2c(c1)C(=O)OC21c2ccc(O)cc2Oc2cc(O)ccc21)C(=O)Nc1ccc2nc(C#N)sc2c1)C(C)C. The Balaban J connectivity index is 1.08. The van der Waals surface area contributed by atoms with Crippen LogP contribution in [-0.4, -0.2) is 158 Å². The maximum absolute atomic E-state index is 14.9. The number of unbranched alkanes of at least 4 members (excludes halogenated alkanes) is 1. The molecule has 2 aliphatic rings. The van der Waals surface area contributed by atoms with E-state index in [2.05, 4.69) is 68.8 Å². The van der Waals surface area contributed by atoms with Crippen LogP contribution in [0.2, 0.25) is 0 Å². The van der Waals surface area contributed by atoms with Crippen molar-refractivity contribution in [1.82, 2.24) is 58.2 Å². The molecule has 6 unspecified atom stereocenters. The van der Waals surface area contributed by atoms with Crippen molar-refractivity contribution in [3.63, 3.8) is 0 Å². The molecule has 552 valence electrons. The summed E-state index contributed by atoms with van der Waals surface area (Å²) < 4.78 is 12.6. The van der Waals surface area contributed by atoms with Crippen molar-refractivity contribution in [3.8, 4) is 29.1 Å². The van der Waals surface area contributed by atoms with E-state index < -0.39 is 95.1 Å². The number of nitrogens with one attached hydrogen (secondary N) is 15. The van der Waals surface area contributed by atoms with Gasteiger partial charge in [-0.05, 0) is 131 Å². The smallest absolute Gasteiger partial charge is 0.340 e. The average Bonchev–Trinajstić information content (AvgIpc) is 1.42. The van der Waals surface area contributed by atoms with Crippen molar-refractivity contribution < 1.29 is 58.0 Å². The summed E-state index contributed by atoms with van der Waals surface area (Å²) in [6.45, 7) is 11.1. The first-order valence-electron chi connectivity index (χ1n) is 33.1. The molecule has 103 heavy (non-hydrogen) atoms. The molecule has 7 rings (SSSR count). The van der Waals surface area contributed by atoms with Crippen LogP contribution < -0.4 is 85.7 Å². The first-order valence-corrected chi connectivity index (χ1v) is 36.6. The van der Waals surface area contributed by atoms with Gasteiger partial charge in [-0.25, -0.2) is 9.78 Å². The summed E-state index contributed by atoms with van der Waals surface area (Å²) in [5.74, 6) is -7.01. The second-order valence-corrected chi connectivity index (χ2v) is 30.2. The van der Waals surface area contributed by atoms with Crippen molar-refractivity contribution in [1.29, 1.82) is 21.5 Å². The van der Waals surface area contributed by atoms with Crippen LogP contribution in [0.4, 0.5) is 11.4 Å². The molecule has 0 bridgehead atoms. The molecule has 7 amide bonds. The number of thiazole rings is 1. The molecular weight excluding hydrogens is 1410 g/mol. The minimum absolute atomic E-state index is 0.0415. The lowest BCUT2D eigenvalue weighted by atomic mass is 9.77. The number of fused-ring (bicyclic) bond motifs is 7. The third kappa shape index (κ3) is 23.1. The largest absolute Gasteiger partial charge is 0.508 e. The molecule has 6 atom stereocenters. The van der Waals surface area contributed by atoms with Crippen molar-refractivity contribution in [3.05, 3.63) is 100 Å². The number of phenols is 2. The molecule has 0 saturated carbocycles. The number of guanidine groups is 3. The number of aromatic nitrogens is 1. The third-order valence-electron chi connectivity index (χ3n) is 16.0. The van der Waals surface area contributed by atoms with E-state index in [0.717, 1.165) is 11.3 Å². The Morgan fingerprint density at radius 1 is 0.621 bits per heavy atom. The van der Waals surface area contributed by atoms with E-state index in [1.54, 1.807) is 62.4 Å². The van der Waals surface area contributed by atoms with Gasteiger partial charge in [0, 0.05) is 83.8 Å². The Labute approximate surface area is 612 Å². The predicted octanol–water partition coefficient (Wildman–Crippen LogP) is 3.80. The highest BCUT2D eigenvalue weighted by Gasteiger charge is 2.54. The van der Waals surface area contributed by atoms with Gasteiger partial charge in [0.05, 0.1) is 15.8 Å². The van der Waals surface area contributed by atoms with Crippen molar-refractivity contribution in [2.45, 2.75) is 146 Å². The van der Waals surface area contributed by atoms with Gasteiger partial charge in [0.25, 0.3) is 0 Å². The molecule has 0 aliphatic carbocycles. The second kappa shape index (κ2) is 37.0. The normalized spacial score (nSPS) is 14.1. The quantitative estimate of drug-likeness (QED) is 0.00685. The van der Waals surface area contributed by atoms with Gasteiger partial charge in [0.15, 0.2) is 33.6 Å². The van der Waals surface area contributed by atoms with E-state index in [4.69, 9.17) is 55.1 Å². The third-order valence-corrected chi connectivity index (χ3v) is 20.5. The van der Waals surface area contributed by atoms with Crippen LogP contribution in [-0.2, 0) is 43.9 Å². The van der Waals surface area contributed by atoms with E-state index in [-0.39, 0.29) is 132 Å². The monoisotopic (exact) mass is 1490 g/mol. The number of nitrogens with two attached hydrogens (primary N) is 3. The topological polar surface area (TPSA) is 526 Å². The highest BCUT2D eigenvalue weighted by molar-refractivity contribution is 8.77. The van der Waals surface area contributed by atoms with Crippen LogP contribution in [0.3, 0.4) is 0 Å². The number of ether oxygens (including phenoxy) is 2. The van der Waals surface area contributed by atoms with Crippen molar-refractivity contribution in [2.75, 3.05) is 42.6 Å². The zero-order valence-electron chi connectivity index (χ0n) is 57.6. The number of thiocarbonyl (C=S) groups is 1. The summed E-state index contributed by atoms with van der Waals surface area (Å²) in [7, 11) is 2.70. The van der Waals surface area contributed by atoms with Gasteiger partial charge in [0.1, 0.15) is 65.3 Å². The summed E-state index contributed by atoms with van der Waals surface area (Å²) in [5.41, 5.74) is 18.0. The zero-order chi connectivity index (χ0) is 75.3. The van der Waals surface area contributed by atoms with Crippen LogP contribution in [0.15, 0.2) is 72.8 Å². The molecular formula is C67H88N20O12S4. The number of nitrogens with zero attached hydrogens (tertiary/aromatic N) is 2. The molecule has 23 N–H and O–H groups in total. The Morgan fingerprint density at radius 2 is 1.10 bits per heavy atom. The number of amides is 7. The number of carbonyl (C=O) groups excluding carboxylic acids is 8. The number of hydrogen-bond acceptors (Lipinski definition) is 21. The van der Waals surface area contributed by atoms with E-state index in [0.29, 0.717) is 57.5 Å². The lowest BCUT2D eigenvalue weighted by Crippen LogP contribution is -2.60. The molecule has 32 nitrogen and oxygen atoms in total. The Kier molecular flexibility index (Phi) is 28.7. The summed E-state index contributed by atoms with van der Waals surface area (Å²) in [6, 6.07) is 13.2. The minimum atomic E-state index is -1.48. The molecule has 1 spiro atoms. The predicted molar refractivity (Wildman–Crippen MR) is 398 cm³/mol. The average molecular weight is 1490 g/mol. The molecule has 4 aromatic carbocycles. The maximum atomic E-state index is 14.9. The maximum Gasteiger partial charge on any atom is 0.340 e. The van der Waals surface area contributed by atoms with Gasteiger partial charge in [-0.3, -0.25) is 49.8 Å². The van der Waals surface area contributed by atoms with Gasteiger partial charge in [-0.15, -0.1) is 11.3 Å². The van der Waals surface area contributed by atoms with Gasteiger partial charge >= 0.3 is 5.97 Å². The lowest BCUT2D eigenvalue weighted by Gasteiger charge is -2.36. The summed E-state index contributed by atoms with van der Waals surface area (Å²) in [6.07, 6.45) is 1.32. The zero-order valence-corrected chi connectivity index (χ0v) is 60.9. The summed E-state index contributed by atoms with van der Waals surface area (Å²) in [5, 5.41) is 87.1. The molecule has 0 fully saturated rings. The van der Waals surface area contributed by atoms with Crippen molar-refractivity contribution >= 4 is 137 Å². The number of phenolic OH excluding ortho intramolecular Hbond substituents is 2. The van der Waals surface area contributed by atoms with E-state index in [9.17, 15) is 53.8 Å². The van der Waals surface area contributed by atoms with E-state index in [1.807, 2.05) is 26.8 Å². The standard InChI is InChI=1S/C67H88N20O12S4/c1-34(2)54(87-58(94)45(79-35(3)88)13-9-25-75-62(69)70)60(96)85-48(15-11-27-77-64(73)74)56(92)83-47(14-10-26-76-63(71)72)57(93)86-49(33-101-103-66(4,5)6)59(95)84-46(55(91)80-37-17-23-44-52(29-37)102-53(32-68)82-44)12-7-8-24-78-65(100)81-36-16-20-41-40(28-36)61(97)99-67(41)42-21-18-38(89)30-50(42)98-51-31-39(90)19-22-43(51)67/h16-23,28-31,34,45-49,54,89-90H,7-15,24-27,33H2,1-6H3,(H,79,88)(H,80,91)(H,83,92)(H,84,95)(H,85,96)(H,86,93)(H,87,94)(H4,69,70,75)(H4,71,72,76)(H4,73,74,77)(H2,78,81,100). The van der Waals surface area contributed by atoms with E-state index >= 15 is 0 Å². The van der Waals surface area contributed by atoms with Crippen LogP contribution in [0, 0.1) is 33.5 Å². The van der Waals surface area contributed by atoms with Crippen molar-refractivity contribution in [2.24, 2.45) is 23.1 Å².